The number of halogens is 3. The first-order valence-corrected chi connectivity index (χ1v) is 7.07. The van der Waals surface area contributed by atoms with Gasteiger partial charge in [0.05, 0.1) is 11.3 Å². The minimum atomic E-state index is -4.38. The Labute approximate surface area is 135 Å². The van der Waals surface area contributed by atoms with Crippen molar-refractivity contribution in [3.63, 3.8) is 0 Å². The Morgan fingerprint density at radius 2 is 1.75 bits per heavy atom. The molecule has 7 heteroatoms. The lowest BCUT2D eigenvalue weighted by atomic mass is 10.2. The number of H-pyrrole nitrogens is 1. The van der Waals surface area contributed by atoms with E-state index in [2.05, 4.69) is 10.3 Å². The number of carbonyl (C=O) groups is 1. The fraction of sp³-hybridized carbons (Fsp3) is 0.118. The average molecular weight is 334 g/mol. The van der Waals surface area contributed by atoms with E-state index >= 15 is 0 Å². The van der Waals surface area contributed by atoms with Crippen molar-refractivity contribution in [2.45, 2.75) is 13.1 Å². The first-order chi connectivity index (χ1) is 11.3. The molecule has 4 nitrogen and oxygen atoms in total. The van der Waals surface area contributed by atoms with Crippen LogP contribution >= 0.6 is 0 Å². The predicted molar refractivity (Wildman–Crippen MR) is 84.1 cm³/mol. The van der Waals surface area contributed by atoms with Gasteiger partial charge in [0, 0.05) is 24.0 Å². The number of amides is 1. The third-order valence-electron chi connectivity index (χ3n) is 3.38. The number of aromatic amines is 1. The van der Waals surface area contributed by atoms with Crippen LogP contribution in [-0.4, -0.2) is 10.9 Å². The van der Waals surface area contributed by atoms with Gasteiger partial charge in [0.2, 0.25) is 5.91 Å². The van der Waals surface area contributed by atoms with Gasteiger partial charge in [-0.1, -0.05) is 0 Å². The fourth-order valence-electron chi connectivity index (χ4n) is 2.30. The molecule has 0 atom stereocenters. The summed E-state index contributed by atoms with van der Waals surface area (Å²) in [7, 11) is 0. The second-order valence-corrected chi connectivity index (χ2v) is 5.22. The second-order valence-electron chi connectivity index (χ2n) is 5.22. The fourth-order valence-corrected chi connectivity index (χ4v) is 2.30. The molecule has 3 aromatic rings. The molecule has 2 aromatic carbocycles. The van der Waals surface area contributed by atoms with Crippen LogP contribution < -0.4 is 10.1 Å². The zero-order valence-corrected chi connectivity index (χ0v) is 12.6. The highest BCUT2D eigenvalue weighted by Gasteiger charge is 2.30. The van der Waals surface area contributed by atoms with Crippen LogP contribution in [0.4, 0.5) is 18.9 Å². The van der Waals surface area contributed by atoms with Gasteiger partial charge >= 0.3 is 6.18 Å². The van der Waals surface area contributed by atoms with Gasteiger partial charge < -0.3 is 15.0 Å². The number of aromatic nitrogens is 1. The summed E-state index contributed by atoms with van der Waals surface area (Å²) in [5.74, 6) is 0.539. The van der Waals surface area contributed by atoms with Crippen LogP contribution in [0, 0.1) is 0 Å². The maximum absolute atomic E-state index is 12.6. The topological polar surface area (TPSA) is 54.1 Å². The normalized spacial score (nSPS) is 11.5. The summed E-state index contributed by atoms with van der Waals surface area (Å²) in [5, 5.41) is 3.44. The van der Waals surface area contributed by atoms with Crippen molar-refractivity contribution in [3.05, 3.63) is 54.2 Å². The zero-order valence-electron chi connectivity index (χ0n) is 12.6. The molecule has 0 aliphatic heterocycles. The van der Waals surface area contributed by atoms with Gasteiger partial charge in [-0.2, -0.15) is 13.2 Å². The number of nitrogens with one attached hydrogen (secondary N) is 2. The van der Waals surface area contributed by atoms with E-state index in [0.29, 0.717) is 17.2 Å². The van der Waals surface area contributed by atoms with E-state index in [1.165, 1.54) is 19.1 Å². The summed E-state index contributed by atoms with van der Waals surface area (Å²) in [6.45, 7) is 1.40. The Bertz CT molecular complexity index is 883. The SMILES string of the molecule is CC(=O)Nc1c[nH]c2ccc(Oc3ccc(C(F)(F)F)cc3)cc12. The molecule has 24 heavy (non-hydrogen) atoms. The molecule has 0 spiro atoms. The Hall–Kier alpha value is -2.96. The van der Waals surface area contributed by atoms with Crippen molar-refractivity contribution < 1.29 is 22.7 Å². The van der Waals surface area contributed by atoms with Gasteiger partial charge in [-0.25, -0.2) is 0 Å². The maximum atomic E-state index is 12.6. The Morgan fingerprint density at radius 3 is 2.38 bits per heavy atom. The number of benzene rings is 2. The largest absolute Gasteiger partial charge is 0.457 e. The first-order valence-electron chi connectivity index (χ1n) is 7.07. The third kappa shape index (κ3) is 3.34. The molecule has 0 radical (unpaired) electrons. The molecule has 0 aliphatic carbocycles. The number of hydrogen-bond donors (Lipinski definition) is 2. The molecule has 1 heterocycles. The van der Waals surface area contributed by atoms with Crippen molar-refractivity contribution in [2.24, 2.45) is 0 Å². The van der Waals surface area contributed by atoms with Crippen molar-refractivity contribution in [1.82, 2.24) is 4.98 Å². The van der Waals surface area contributed by atoms with Crippen molar-refractivity contribution in [2.75, 3.05) is 5.32 Å². The minimum Gasteiger partial charge on any atom is -0.457 e. The summed E-state index contributed by atoms with van der Waals surface area (Å²) in [6.07, 6.45) is -2.72. The number of ether oxygens (including phenoxy) is 1. The van der Waals surface area contributed by atoms with Crippen LogP contribution in [0.1, 0.15) is 12.5 Å². The van der Waals surface area contributed by atoms with E-state index in [-0.39, 0.29) is 5.91 Å². The highest BCUT2D eigenvalue weighted by atomic mass is 19.4. The molecule has 1 aromatic heterocycles. The molecule has 1 amide bonds. The molecule has 0 aliphatic rings. The highest BCUT2D eigenvalue weighted by Crippen LogP contribution is 2.33. The Balaban J connectivity index is 1.86. The molecule has 0 unspecified atom stereocenters. The predicted octanol–water partition coefficient (Wildman–Crippen LogP) is 4.94. The summed E-state index contributed by atoms with van der Waals surface area (Å²) < 4.78 is 43.3. The number of anilines is 1. The highest BCUT2D eigenvalue weighted by molar-refractivity contribution is 6.01. The number of carbonyl (C=O) groups excluding carboxylic acids is 1. The van der Waals surface area contributed by atoms with Crippen molar-refractivity contribution in [1.29, 1.82) is 0 Å². The minimum absolute atomic E-state index is 0.204. The van der Waals surface area contributed by atoms with Crippen LogP contribution in [0.5, 0.6) is 11.5 Å². The van der Waals surface area contributed by atoms with Crippen LogP contribution in [0.3, 0.4) is 0 Å². The quantitative estimate of drug-likeness (QED) is 0.713. The zero-order chi connectivity index (χ0) is 17.3. The molecule has 0 saturated carbocycles. The molecular weight excluding hydrogens is 321 g/mol. The van der Waals surface area contributed by atoms with Gasteiger partial charge in [-0.3, -0.25) is 4.79 Å². The molecule has 124 valence electrons. The average Bonchev–Trinajstić information content (AvgIpc) is 2.89. The summed E-state index contributed by atoms with van der Waals surface area (Å²) in [5.41, 5.74) is 0.678. The van der Waals surface area contributed by atoms with E-state index < -0.39 is 11.7 Å². The molecular formula is C17H13F3N2O2. The van der Waals surface area contributed by atoms with Crippen LogP contribution in [0.15, 0.2) is 48.7 Å². The lowest BCUT2D eigenvalue weighted by Gasteiger charge is -2.09. The van der Waals surface area contributed by atoms with Crippen molar-refractivity contribution in [3.8, 4) is 11.5 Å². The number of fused-ring (bicyclic) bond motifs is 1. The van der Waals surface area contributed by atoms with Gasteiger partial charge in [-0.15, -0.1) is 0 Å². The van der Waals surface area contributed by atoms with Gasteiger partial charge in [0.1, 0.15) is 11.5 Å². The summed E-state index contributed by atoms with van der Waals surface area (Å²) >= 11 is 0. The van der Waals surface area contributed by atoms with E-state index in [1.54, 1.807) is 24.4 Å². The third-order valence-corrected chi connectivity index (χ3v) is 3.38. The maximum Gasteiger partial charge on any atom is 0.416 e. The molecule has 0 saturated heterocycles. The van der Waals surface area contributed by atoms with E-state index in [1.807, 2.05) is 0 Å². The summed E-state index contributed by atoms with van der Waals surface area (Å²) in [6, 6.07) is 9.61. The van der Waals surface area contributed by atoms with Crippen molar-refractivity contribution >= 4 is 22.5 Å². The summed E-state index contributed by atoms with van der Waals surface area (Å²) in [4.78, 5) is 14.2. The molecule has 2 N–H and O–H groups in total. The monoisotopic (exact) mass is 334 g/mol. The lowest BCUT2D eigenvalue weighted by Crippen LogP contribution is -2.04. The smallest absolute Gasteiger partial charge is 0.416 e. The van der Waals surface area contributed by atoms with Gasteiger partial charge in [0.15, 0.2) is 0 Å². The lowest BCUT2D eigenvalue weighted by molar-refractivity contribution is -0.137. The molecule has 0 fully saturated rings. The van der Waals surface area contributed by atoms with E-state index in [4.69, 9.17) is 4.74 Å². The number of rotatable bonds is 3. The second kappa shape index (κ2) is 5.92. The molecule has 3 rings (SSSR count). The number of alkyl halides is 3. The Morgan fingerprint density at radius 1 is 1.08 bits per heavy atom. The first kappa shape index (κ1) is 15.9. The van der Waals surface area contributed by atoms with Gasteiger partial charge in [0.25, 0.3) is 0 Å². The van der Waals surface area contributed by atoms with Crippen LogP contribution in [0.2, 0.25) is 0 Å². The molecule has 0 bridgehead atoms. The van der Waals surface area contributed by atoms with Gasteiger partial charge in [-0.05, 0) is 42.5 Å². The van der Waals surface area contributed by atoms with E-state index in [0.717, 1.165) is 23.0 Å². The van der Waals surface area contributed by atoms with Crippen LogP contribution in [0.25, 0.3) is 10.9 Å². The van der Waals surface area contributed by atoms with E-state index in [9.17, 15) is 18.0 Å². The van der Waals surface area contributed by atoms with Crippen LogP contribution in [-0.2, 0) is 11.0 Å². The number of hydrogen-bond acceptors (Lipinski definition) is 2. The standard InChI is InChI=1S/C17H13F3N2O2/c1-10(23)22-16-9-21-15-7-6-13(8-14(15)16)24-12-4-2-11(3-5-12)17(18,19)20/h2-9,21H,1H3,(H,22,23). The Kier molecular flexibility index (Phi) is 3.92.